The lowest BCUT2D eigenvalue weighted by Gasteiger charge is -2.18. The topological polar surface area (TPSA) is 72.6 Å². The molecule has 2 N–H and O–H groups in total. The number of amides is 1. The number of rotatable bonds is 6. The second-order valence-corrected chi connectivity index (χ2v) is 3.94. The number of esters is 1. The molecule has 0 unspecified atom stereocenters. The van der Waals surface area contributed by atoms with E-state index in [2.05, 4.69) is 4.74 Å². The summed E-state index contributed by atoms with van der Waals surface area (Å²) in [5, 5.41) is 0. The summed E-state index contributed by atoms with van der Waals surface area (Å²) in [5.41, 5.74) is 6.67. The molecule has 0 spiro atoms. The van der Waals surface area contributed by atoms with Crippen LogP contribution in [0, 0.1) is 0 Å². The maximum Gasteiger partial charge on any atom is 0.319 e. The molecule has 0 heterocycles. The van der Waals surface area contributed by atoms with Gasteiger partial charge in [-0.3, -0.25) is 14.5 Å². The minimum absolute atomic E-state index is 0.255. The number of primary amides is 1. The predicted molar refractivity (Wildman–Crippen MR) is 67.9 cm³/mol. The molecule has 0 aliphatic heterocycles. The molecule has 0 saturated heterocycles. The van der Waals surface area contributed by atoms with Crippen LogP contribution in [-0.2, 0) is 16.1 Å². The zero-order valence-electron chi connectivity index (χ0n) is 10.7. The Bertz CT molecular complexity index is 415. The molecule has 0 saturated carbocycles. The van der Waals surface area contributed by atoms with Gasteiger partial charge in [-0.15, -0.1) is 0 Å². The van der Waals surface area contributed by atoms with Crippen molar-refractivity contribution < 1.29 is 14.3 Å². The van der Waals surface area contributed by atoms with Crippen molar-refractivity contribution >= 4 is 11.9 Å². The highest BCUT2D eigenvalue weighted by Crippen LogP contribution is 2.07. The monoisotopic (exact) mass is 250 g/mol. The van der Waals surface area contributed by atoms with E-state index in [0.29, 0.717) is 12.1 Å². The van der Waals surface area contributed by atoms with Gasteiger partial charge in [0.05, 0.1) is 13.7 Å². The lowest BCUT2D eigenvalue weighted by Crippen LogP contribution is -2.30. The van der Waals surface area contributed by atoms with Crippen molar-refractivity contribution in [2.75, 3.05) is 20.2 Å². The van der Waals surface area contributed by atoms with E-state index in [1.165, 1.54) is 7.11 Å². The number of nitrogens with zero attached hydrogens (tertiary/aromatic N) is 1. The highest BCUT2D eigenvalue weighted by atomic mass is 16.5. The van der Waals surface area contributed by atoms with E-state index in [1.54, 1.807) is 12.1 Å². The first-order valence-electron chi connectivity index (χ1n) is 5.74. The molecule has 0 bridgehead atoms. The van der Waals surface area contributed by atoms with Crippen LogP contribution in [0.4, 0.5) is 0 Å². The zero-order valence-corrected chi connectivity index (χ0v) is 10.7. The predicted octanol–water partition coefficient (Wildman–Crippen LogP) is 0.780. The molecule has 0 radical (unpaired) electrons. The molecule has 0 aliphatic carbocycles. The number of hydrogen-bond acceptors (Lipinski definition) is 4. The smallest absolute Gasteiger partial charge is 0.319 e. The molecule has 5 heteroatoms. The van der Waals surface area contributed by atoms with Crippen LogP contribution in [0.15, 0.2) is 24.3 Å². The summed E-state index contributed by atoms with van der Waals surface area (Å²) in [4.78, 5) is 24.1. The van der Waals surface area contributed by atoms with Crippen molar-refractivity contribution in [2.24, 2.45) is 5.73 Å². The van der Waals surface area contributed by atoms with Crippen molar-refractivity contribution in [3.63, 3.8) is 0 Å². The van der Waals surface area contributed by atoms with Crippen LogP contribution in [0.25, 0.3) is 0 Å². The van der Waals surface area contributed by atoms with E-state index in [1.807, 2.05) is 24.0 Å². The zero-order chi connectivity index (χ0) is 13.5. The normalized spacial score (nSPS) is 10.4. The second kappa shape index (κ2) is 6.76. The van der Waals surface area contributed by atoms with E-state index in [4.69, 9.17) is 5.73 Å². The van der Waals surface area contributed by atoms with Crippen LogP contribution in [-0.4, -0.2) is 37.0 Å². The van der Waals surface area contributed by atoms with Gasteiger partial charge >= 0.3 is 5.97 Å². The molecule has 0 atom stereocenters. The summed E-state index contributed by atoms with van der Waals surface area (Å²) < 4.78 is 4.63. The van der Waals surface area contributed by atoms with Crippen LogP contribution in [0.3, 0.4) is 0 Å². The van der Waals surface area contributed by atoms with Crippen LogP contribution in [0.2, 0.25) is 0 Å². The fourth-order valence-corrected chi connectivity index (χ4v) is 1.56. The van der Waals surface area contributed by atoms with Gasteiger partial charge in [-0.05, 0) is 24.2 Å². The summed E-state index contributed by atoms with van der Waals surface area (Å²) >= 11 is 0. The third-order valence-electron chi connectivity index (χ3n) is 2.67. The third-order valence-corrected chi connectivity index (χ3v) is 2.67. The average Bonchev–Trinajstić information content (AvgIpc) is 2.38. The number of benzene rings is 1. The maximum absolute atomic E-state index is 11.2. The molecule has 1 amide bonds. The summed E-state index contributed by atoms with van der Waals surface area (Å²) in [5.74, 6) is -0.700. The molecule has 0 aromatic heterocycles. The molecule has 18 heavy (non-hydrogen) atoms. The van der Waals surface area contributed by atoms with E-state index >= 15 is 0 Å². The molecular weight excluding hydrogens is 232 g/mol. The van der Waals surface area contributed by atoms with Crippen molar-refractivity contribution in [1.82, 2.24) is 4.90 Å². The Kier molecular flexibility index (Phi) is 5.32. The second-order valence-electron chi connectivity index (χ2n) is 3.94. The largest absolute Gasteiger partial charge is 0.468 e. The standard InChI is InChI=1S/C13H18N2O3/c1-3-15(9-12(16)18-2)8-10-4-6-11(7-5-10)13(14)17/h4-7H,3,8-9H2,1-2H3,(H2,14,17). The Hall–Kier alpha value is -1.88. The Labute approximate surface area is 107 Å². The maximum atomic E-state index is 11.2. The van der Waals surface area contributed by atoms with Gasteiger partial charge in [0, 0.05) is 12.1 Å². The van der Waals surface area contributed by atoms with Crippen molar-refractivity contribution in [2.45, 2.75) is 13.5 Å². The first-order valence-corrected chi connectivity index (χ1v) is 5.74. The Morgan fingerprint density at radius 3 is 2.33 bits per heavy atom. The van der Waals surface area contributed by atoms with Gasteiger partial charge in [0.1, 0.15) is 0 Å². The van der Waals surface area contributed by atoms with Crippen LogP contribution in [0.1, 0.15) is 22.8 Å². The Morgan fingerprint density at radius 1 is 1.28 bits per heavy atom. The first kappa shape index (κ1) is 14.2. The fraction of sp³-hybridized carbons (Fsp3) is 0.385. The van der Waals surface area contributed by atoms with Crippen molar-refractivity contribution in [3.05, 3.63) is 35.4 Å². The molecule has 1 aromatic carbocycles. The minimum atomic E-state index is -0.441. The number of hydrogen-bond donors (Lipinski definition) is 1. The molecule has 1 aromatic rings. The first-order chi connectivity index (χ1) is 8.56. The van der Waals surface area contributed by atoms with Gasteiger partial charge in [0.25, 0.3) is 0 Å². The van der Waals surface area contributed by atoms with E-state index in [0.717, 1.165) is 12.1 Å². The van der Waals surface area contributed by atoms with Gasteiger partial charge in [-0.25, -0.2) is 0 Å². The number of ether oxygens (including phenoxy) is 1. The quantitative estimate of drug-likeness (QED) is 0.757. The summed E-state index contributed by atoms with van der Waals surface area (Å²) in [7, 11) is 1.37. The van der Waals surface area contributed by atoms with Gasteiger partial charge in [-0.1, -0.05) is 19.1 Å². The third kappa shape index (κ3) is 4.18. The van der Waals surface area contributed by atoms with E-state index < -0.39 is 5.91 Å². The summed E-state index contributed by atoms with van der Waals surface area (Å²) in [6.07, 6.45) is 0. The molecule has 0 fully saturated rings. The number of carbonyl (C=O) groups excluding carboxylic acids is 2. The number of nitrogens with two attached hydrogens (primary N) is 1. The van der Waals surface area contributed by atoms with Gasteiger partial charge in [-0.2, -0.15) is 0 Å². The van der Waals surface area contributed by atoms with Gasteiger partial charge in [0.2, 0.25) is 5.91 Å². The van der Waals surface area contributed by atoms with E-state index in [9.17, 15) is 9.59 Å². The number of methoxy groups -OCH3 is 1. The average molecular weight is 250 g/mol. The highest BCUT2D eigenvalue weighted by molar-refractivity contribution is 5.92. The molecule has 98 valence electrons. The lowest BCUT2D eigenvalue weighted by atomic mass is 10.1. The van der Waals surface area contributed by atoms with Crippen LogP contribution < -0.4 is 5.73 Å². The van der Waals surface area contributed by atoms with Gasteiger partial charge in [0.15, 0.2) is 0 Å². The Balaban J connectivity index is 2.64. The van der Waals surface area contributed by atoms with Crippen LogP contribution in [0.5, 0.6) is 0 Å². The molecule has 1 rings (SSSR count). The van der Waals surface area contributed by atoms with Crippen molar-refractivity contribution in [1.29, 1.82) is 0 Å². The van der Waals surface area contributed by atoms with Crippen LogP contribution >= 0.6 is 0 Å². The van der Waals surface area contributed by atoms with Gasteiger partial charge < -0.3 is 10.5 Å². The summed E-state index contributed by atoms with van der Waals surface area (Å²) in [6, 6.07) is 7.04. The highest BCUT2D eigenvalue weighted by Gasteiger charge is 2.09. The Morgan fingerprint density at radius 2 is 1.89 bits per heavy atom. The minimum Gasteiger partial charge on any atom is -0.468 e. The molecular formula is C13H18N2O3. The number of carbonyl (C=O) groups is 2. The van der Waals surface area contributed by atoms with E-state index in [-0.39, 0.29) is 12.5 Å². The summed E-state index contributed by atoms with van der Waals surface area (Å²) in [6.45, 7) is 3.60. The molecule has 5 nitrogen and oxygen atoms in total. The SMILES string of the molecule is CCN(CC(=O)OC)Cc1ccc(C(N)=O)cc1. The lowest BCUT2D eigenvalue weighted by molar-refractivity contribution is -0.142. The fourth-order valence-electron chi connectivity index (χ4n) is 1.56. The molecule has 0 aliphatic rings. The van der Waals surface area contributed by atoms with Crippen molar-refractivity contribution in [3.8, 4) is 0 Å². The number of likely N-dealkylation sites (N-methyl/N-ethyl adjacent to an activating group) is 1.